The van der Waals surface area contributed by atoms with Gasteiger partial charge in [0.2, 0.25) is 0 Å². The van der Waals surface area contributed by atoms with Crippen molar-refractivity contribution in [1.29, 1.82) is 0 Å². The number of hydrogen-bond acceptors (Lipinski definition) is 3. The first-order valence-electron chi connectivity index (χ1n) is 9.03. The normalized spacial score (nSPS) is 17.9. The number of allylic oxidation sites excluding steroid dienone is 2. The number of nitrogens with zero attached hydrogens (tertiary/aromatic N) is 3. The Kier molecular flexibility index (Phi) is 7.25. The second kappa shape index (κ2) is 9.19. The van der Waals surface area contributed by atoms with Gasteiger partial charge in [0, 0.05) is 45.5 Å². The predicted molar refractivity (Wildman–Crippen MR) is 98.5 cm³/mol. The summed E-state index contributed by atoms with van der Waals surface area (Å²) in [5, 5.41) is 0. The zero-order chi connectivity index (χ0) is 16.7. The van der Waals surface area contributed by atoms with Gasteiger partial charge in [-0.15, -0.1) is 0 Å². The van der Waals surface area contributed by atoms with Gasteiger partial charge in [0.25, 0.3) is 0 Å². The minimum Gasteiger partial charge on any atom is -0.301 e. The highest BCUT2D eigenvalue weighted by atomic mass is 15.3. The van der Waals surface area contributed by atoms with Gasteiger partial charge in [-0.1, -0.05) is 24.6 Å². The lowest BCUT2D eigenvalue weighted by atomic mass is 10.0. The number of rotatable bonds is 7. The van der Waals surface area contributed by atoms with Crippen LogP contribution in [0.4, 0.5) is 0 Å². The number of hydrogen-bond donors (Lipinski definition) is 0. The Hall–Kier alpha value is -1.19. The van der Waals surface area contributed by atoms with Gasteiger partial charge >= 0.3 is 0 Å². The zero-order valence-electron chi connectivity index (χ0n) is 15.4. The summed E-state index contributed by atoms with van der Waals surface area (Å²) in [6.07, 6.45) is 6.80. The molecule has 128 valence electrons. The van der Waals surface area contributed by atoms with Crippen LogP contribution in [0.3, 0.4) is 0 Å². The highest BCUT2D eigenvalue weighted by molar-refractivity contribution is 5.17. The van der Waals surface area contributed by atoms with Crippen molar-refractivity contribution >= 4 is 0 Å². The van der Waals surface area contributed by atoms with E-state index in [0.29, 0.717) is 0 Å². The molecule has 0 radical (unpaired) electrons. The van der Waals surface area contributed by atoms with Crippen molar-refractivity contribution in [2.75, 3.05) is 32.7 Å². The van der Waals surface area contributed by atoms with E-state index in [1.165, 1.54) is 49.3 Å². The van der Waals surface area contributed by atoms with Crippen LogP contribution in [0.25, 0.3) is 0 Å². The largest absolute Gasteiger partial charge is 0.301 e. The molecule has 2 heterocycles. The molecule has 3 heteroatoms. The summed E-state index contributed by atoms with van der Waals surface area (Å²) in [7, 11) is 0. The lowest BCUT2D eigenvalue weighted by Gasteiger charge is -2.36. The first-order chi connectivity index (χ1) is 11.0. The molecule has 1 aromatic rings. The van der Waals surface area contributed by atoms with E-state index in [1.54, 1.807) is 0 Å². The van der Waals surface area contributed by atoms with Crippen molar-refractivity contribution in [3.8, 4) is 0 Å². The molecule has 1 atom stereocenters. The van der Waals surface area contributed by atoms with E-state index in [2.05, 4.69) is 54.6 Å². The van der Waals surface area contributed by atoms with Crippen molar-refractivity contribution in [2.24, 2.45) is 5.92 Å². The van der Waals surface area contributed by atoms with Gasteiger partial charge in [-0.3, -0.25) is 9.88 Å². The van der Waals surface area contributed by atoms with Crippen molar-refractivity contribution in [2.45, 2.75) is 47.1 Å². The highest BCUT2D eigenvalue weighted by Gasteiger charge is 2.19. The molecule has 2 rings (SSSR count). The maximum absolute atomic E-state index is 4.53. The van der Waals surface area contributed by atoms with E-state index in [-0.39, 0.29) is 0 Å². The maximum atomic E-state index is 4.53. The van der Waals surface area contributed by atoms with E-state index in [4.69, 9.17) is 0 Å². The second-order valence-corrected chi connectivity index (χ2v) is 7.31. The molecule has 1 aromatic heterocycles. The first-order valence-corrected chi connectivity index (χ1v) is 9.03. The smallest absolute Gasteiger partial charge is 0.0573 e. The molecule has 0 spiro atoms. The molecule has 3 nitrogen and oxygen atoms in total. The monoisotopic (exact) mass is 315 g/mol. The molecule has 0 N–H and O–H groups in total. The number of aryl methyl sites for hydroxylation is 1. The topological polar surface area (TPSA) is 19.4 Å². The standard InChI is InChI=1S/C20H33N3/c1-17(2)7-5-8-18(3)15-22-11-13-23(14-12-22)16-20-19(4)9-6-10-21-20/h6-7,9-10,18H,5,8,11-16H2,1-4H3/t18-/m0/s1. The lowest BCUT2D eigenvalue weighted by Crippen LogP contribution is -2.47. The molecule has 0 aromatic carbocycles. The van der Waals surface area contributed by atoms with Crippen LogP contribution >= 0.6 is 0 Å². The summed E-state index contributed by atoms with van der Waals surface area (Å²) < 4.78 is 0. The molecule has 0 unspecified atom stereocenters. The van der Waals surface area contributed by atoms with Crippen LogP contribution in [0.1, 0.15) is 44.9 Å². The summed E-state index contributed by atoms with van der Waals surface area (Å²) in [5.41, 5.74) is 3.98. The Morgan fingerprint density at radius 3 is 2.57 bits per heavy atom. The van der Waals surface area contributed by atoms with E-state index >= 15 is 0 Å². The Morgan fingerprint density at radius 1 is 1.22 bits per heavy atom. The van der Waals surface area contributed by atoms with Crippen LogP contribution < -0.4 is 0 Å². The zero-order valence-corrected chi connectivity index (χ0v) is 15.4. The number of aromatic nitrogens is 1. The molecule has 1 saturated heterocycles. The fourth-order valence-electron chi connectivity index (χ4n) is 3.21. The van der Waals surface area contributed by atoms with Crippen LogP contribution in [-0.2, 0) is 6.54 Å². The summed E-state index contributed by atoms with van der Waals surface area (Å²) in [6, 6.07) is 4.18. The van der Waals surface area contributed by atoms with E-state index in [1.807, 2.05) is 12.3 Å². The van der Waals surface area contributed by atoms with Crippen LogP contribution in [0.2, 0.25) is 0 Å². The minimum atomic E-state index is 0.787. The molecule has 0 bridgehead atoms. The van der Waals surface area contributed by atoms with Crippen molar-refractivity contribution in [3.63, 3.8) is 0 Å². The van der Waals surface area contributed by atoms with Crippen LogP contribution in [0.15, 0.2) is 30.0 Å². The van der Waals surface area contributed by atoms with Gasteiger partial charge in [-0.2, -0.15) is 0 Å². The van der Waals surface area contributed by atoms with Gasteiger partial charge in [-0.05, 0) is 51.2 Å². The van der Waals surface area contributed by atoms with Gasteiger partial charge in [0.15, 0.2) is 0 Å². The molecule has 1 aliphatic rings. The second-order valence-electron chi connectivity index (χ2n) is 7.31. The van der Waals surface area contributed by atoms with Crippen LogP contribution in [0.5, 0.6) is 0 Å². The molecule has 0 saturated carbocycles. The molecular weight excluding hydrogens is 282 g/mol. The molecule has 1 fully saturated rings. The average molecular weight is 316 g/mol. The summed E-state index contributed by atoms with van der Waals surface area (Å²) >= 11 is 0. The molecular formula is C20H33N3. The molecule has 23 heavy (non-hydrogen) atoms. The Bertz CT molecular complexity index is 497. The quantitative estimate of drug-likeness (QED) is 0.712. The third-order valence-corrected chi connectivity index (χ3v) is 4.74. The molecule has 0 aliphatic carbocycles. The van der Waals surface area contributed by atoms with Gasteiger partial charge < -0.3 is 4.90 Å². The van der Waals surface area contributed by atoms with Gasteiger partial charge in [0.05, 0.1) is 5.69 Å². The Labute approximate surface area is 142 Å². The third-order valence-electron chi connectivity index (χ3n) is 4.74. The average Bonchev–Trinajstić information content (AvgIpc) is 2.51. The Morgan fingerprint density at radius 2 is 1.91 bits per heavy atom. The summed E-state index contributed by atoms with van der Waals surface area (Å²) in [6.45, 7) is 15.9. The third kappa shape index (κ3) is 6.44. The number of pyridine rings is 1. The van der Waals surface area contributed by atoms with Crippen molar-refractivity contribution in [3.05, 3.63) is 41.2 Å². The lowest BCUT2D eigenvalue weighted by molar-refractivity contribution is 0.113. The highest BCUT2D eigenvalue weighted by Crippen LogP contribution is 2.14. The maximum Gasteiger partial charge on any atom is 0.0573 e. The molecule has 0 amide bonds. The van der Waals surface area contributed by atoms with E-state index in [9.17, 15) is 0 Å². The van der Waals surface area contributed by atoms with Crippen LogP contribution in [-0.4, -0.2) is 47.5 Å². The van der Waals surface area contributed by atoms with Gasteiger partial charge in [0.1, 0.15) is 0 Å². The van der Waals surface area contributed by atoms with Crippen molar-refractivity contribution in [1.82, 2.24) is 14.8 Å². The Balaban J connectivity index is 1.69. The van der Waals surface area contributed by atoms with Crippen LogP contribution in [0, 0.1) is 12.8 Å². The van der Waals surface area contributed by atoms with Gasteiger partial charge in [-0.25, -0.2) is 0 Å². The summed E-state index contributed by atoms with van der Waals surface area (Å²) in [4.78, 5) is 9.70. The minimum absolute atomic E-state index is 0.787. The first kappa shape index (κ1) is 18.2. The van der Waals surface area contributed by atoms with E-state index < -0.39 is 0 Å². The summed E-state index contributed by atoms with van der Waals surface area (Å²) in [5.74, 6) is 0.787. The van der Waals surface area contributed by atoms with Crippen molar-refractivity contribution < 1.29 is 0 Å². The molecule has 1 aliphatic heterocycles. The fraction of sp³-hybridized carbons (Fsp3) is 0.650. The number of piperazine rings is 1. The predicted octanol–water partition coefficient (Wildman–Crippen LogP) is 3.89. The SMILES string of the molecule is CC(C)=CCC[C@H](C)CN1CCN(Cc2ncccc2C)CC1. The van der Waals surface area contributed by atoms with E-state index in [0.717, 1.165) is 25.6 Å². The fourth-order valence-corrected chi connectivity index (χ4v) is 3.21.